The number of benzene rings is 1. The van der Waals surface area contributed by atoms with Crippen molar-refractivity contribution in [1.82, 2.24) is 5.32 Å². The molecule has 18 heavy (non-hydrogen) atoms. The molecule has 3 N–H and O–H groups in total. The van der Waals surface area contributed by atoms with Gasteiger partial charge in [0.05, 0.1) is 6.61 Å². The Labute approximate surface area is 109 Å². The fourth-order valence-electron chi connectivity index (χ4n) is 1.69. The number of hydrogen-bond donors (Lipinski definition) is 2. The maximum absolute atomic E-state index is 11.0. The number of nitrogens with two attached hydrogens (primary N) is 1. The molecule has 100 valence electrons. The number of amides is 1. The van der Waals surface area contributed by atoms with Crippen LogP contribution in [0.15, 0.2) is 18.2 Å². The van der Waals surface area contributed by atoms with E-state index < -0.39 is 0 Å². The number of carbonyl (C=O) groups excluding carboxylic acids is 1. The van der Waals surface area contributed by atoms with Crippen molar-refractivity contribution >= 4 is 5.91 Å². The predicted molar refractivity (Wildman–Crippen MR) is 72.5 cm³/mol. The Hall–Kier alpha value is -1.39. The molecule has 0 saturated heterocycles. The molecule has 0 aliphatic heterocycles. The molecule has 1 aromatic rings. The van der Waals surface area contributed by atoms with Crippen molar-refractivity contribution in [2.45, 2.75) is 33.4 Å². The Morgan fingerprint density at radius 1 is 1.50 bits per heavy atom. The van der Waals surface area contributed by atoms with Crippen LogP contribution in [0.2, 0.25) is 0 Å². The number of primary amides is 1. The molecule has 4 nitrogen and oxygen atoms in total. The first-order valence-electron chi connectivity index (χ1n) is 6.25. The first-order valence-corrected chi connectivity index (χ1v) is 6.25. The van der Waals surface area contributed by atoms with Crippen LogP contribution < -0.4 is 11.1 Å². The van der Waals surface area contributed by atoms with Crippen LogP contribution >= 0.6 is 0 Å². The lowest BCUT2D eigenvalue weighted by atomic mass is 10.0. The lowest BCUT2D eigenvalue weighted by molar-refractivity contribution is 0.1000. The second-order valence-corrected chi connectivity index (χ2v) is 4.45. The van der Waals surface area contributed by atoms with Gasteiger partial charge in [0.25, 0.3) is 0 Å². The van der Waals surface area contributed by atoms with Crippen molar-refractivity contribution in [3.05, 3.63) is 34.9 Å². The lowest BCUT2D eigenvalue weighted by Crippen LogP contribution is -2.30. The molecule has 0 fully saturated rings. The maximum Gasteiger partial charge on any atom is 0.248 e. The third-order valence-corrected chi connectivity index (χ3v) is 2.84. The van der Waals surface area contributed by atoms with Crippen LogP contribution in [0.1, 0.15) is 35.3 Å². The summed E-state index contributed by atoms with van der Waals surface area (Å²) in [6.45, 7) is 8.26. The Kier molecular flexibility index (Phi) is 5.82. The molecule has 0 heterocycles. The summed E-state index contributed by atoms with van der Waals surface area (Å²) < 4.78 is 5.34. The van der Waals surface area contributed by atoms with Gasteiger partial charge in [0.1, 0.15) is 0 Å². The van der Waals surface area contributed by atoms with Crippen LogP contribution in [-0.2, 0) is 11.3 Å². The molecule has 4 heteroatoms. The second kappa shape index (κ2) is 7.13. The third kappa shape index (κ3) is 4.47. The molecule has 1 rings (SSSR count). The number of nitrogens with one attached hydrogen (secondary N) is 1. The SMILES string of the molecule is CCOCC(C)NCc1ccc(C(N)=O)cc1C. The number of rotatable bonds is 7. The van der Waals surface area contributed by atoms with Gasteiger partial charge in [0.15, 0.2) is 0 Å². The van der Waals surface area contributed by atoms with Gasteiger partial charge in [-0.25, -0.2) is 0 Å². The van der Waals surface area contributed by atoms with E-state index in [4.69, 9.17) is 10.5 Å². The monoisotopic (exact) mass is 250 g/mol. The lowest BCUT2D eigenvalue weighted by Gasteiger charge is -2.15. The van der Waals surface area contributed by atoms with Crippen molar-refractivity contribution in [3.63, 3.8) is 0 Å². The van der Waals surface area contributed by atoms with Crippen LogP contribution in [0, 0.1) is 6.92 Å². The van der Waals surface area contributed by atoms with E-state index in [2.05, 4.69) is 12.2 Å². The van der Waals surface area contributed by atoms with Crippen LogP contribution in [0.25, 0.3) is 0 Å². The highest BCUT2D eigenvalue weighted by Gasteiger charge is 2.06. The van der Waals surface area contributed by atoms with Gasteiger partial charge in [0, 0.05) is 24.8 Å². The van der Waals surface area contributed by atoms with E-state index in [9.17, 15) is 4.79 Å². The fraction of sp³-hybridized carbons (Fsp3) is 0.500. The molecular weight excluding hydrogens is 228 g/mol. The zero-order chi connectivity index (χ0) is 13.5. The van der Waals surface area contributed by atoms with Gasteiger partial charge in [-0.1, -0.05) is 6.07 Å². The molecule has 1 unspecified atom stereocenters. The Morgan fingerprint density at radius 2 is 2.22 bits per heavy atom. The topological polar surface area (TPSA) is 64.3 Å². The Balaban J connectivity index is 2.55. The van der Waals surface area contributed by atoms with Gasteiger partial charge >= 0.3 is 0 Å². The number of hydrogen-bond acceptors (Lipinski definition) is 3. The van der Waals surface area contributed by atoms with Crippen LogP contribution in [-0.4, -0.2) is 25.2 Å². The molecule has 0 bridgehead atoms. The number of carbonyl (C=O) groups is 1. The quantitative estimate of drug-likeness (QED) is 0.772. The van der Waals surface area contributed by atoms with Gasteiger partial charge < -0.3 is 15.8 Å². The molecule has 0 aliphatic rings. The summed E-state index contributed by atoms with van der Waals surface area (Å²) in [5.41, 5.74) is 8.03. The van der Waals surface area contributed by atoms with E-state index >= 15 is 0 Å². The fourth-order valence-corrected chi connectivity index (χ4v) is 1.69. The minimum atomic E-state index is -0.387. The Bertz CT molecular complexity index is 405. The van der Waals surface area contributed by atoms with Crippen molar-refractivity contribution in [3.8, 4) is 0 Å². The van der Waals surface area contributed by atoms with E-state index in [0.29, 0.717) is 18.2 Å². The van der Waals surface area contributed by atoms with Crippen molar-refractivity contribution in [1.29, 1.82) is 0 Å². The molecule has 0 aliphatic carbocycles. The van der Waals surface area contributed by atoms with Crippen molar-refractivity contribution in [2.24, 2.45) is 5.73 Å². The van der Waals surface area contributed by atoms with Gasteiger partial charge in [-0.3, -0.25) is 4.79 Å². The predicted octanol–water partition coefficient (Wildman–Crippen LogP) is 1.61. The smallest absolute Gasteiger partial charge is 0.248 e. The average molecular weight is 250 g/mol. The minimum absolute atomic E-state index is 0.306. The summed E-state index contributed by atoms with van der Waals surface area (Å²) >= 11 is 0. The van der Waals surface area contributed by atoms with Gasteiger partial charge in [-0.15, -0.1) is 0 Å². The number of aryl methyl sites for hydroxylation is 1. The molecule has 0 aromatic heterocycles. The molecule has 0 radical (unpaired) electrons. The minimum Gasteiger partial charge on any atom is -0.380 e. The molecule has 0 spiro atoms. The zero-order valence-corrected chi connectivity index (χ0v) is 11.3. The summed E-state index contributed by atoms with van der Waals surface area (Å²) in [5.74, 6) is -0.387. The molecule has 0 saturated carbocycles. The standard InChI is InChI=1S/C14H22N2O2/c1-4-18-9-11(3)16-8-13-6-5-12(14(15)17)7-10(13)2/h5-7,11,16H,4,8-9H2,1-3H3,(H2,15,17). The third-order valence-electron chi connectivity index (χ3n) is 2.84. The van der Waals surface area contributed by atoms with Gasteiger partial charge in [-0.05, 0) is 44.0 Å². The van der Waals surface area contributed by atoms with Gasteiger partial charge in [-0.2, -0.15) is 0 Å². The highest BCUT2D eigenvalue weighted by molar-refractivity contribution is 5.93. The molecule has 1 aromatic carbocycles. The molecular formula is C14H22N2O2. The largest absolute Gasteiger partial charge is 0.380 e. The highest BCUT2D eigenvalue weighted by Crippen LogP contribution is 2.11. The van der Waals surface area contributed by atoms with E-state index in [-0.39, 0.29) is 5.91 Å². The van der Waals surface area contributed by atoms with E-state index in [0.717, 1.165) is 18.7 Å². The summed E-state index contributed by atoms with van der Waals surface area (Å²) in [7, 11) is 0. The second-order valence-electron chi connectivity index (χ2n) is 4.45. The zero-order valence-electron chi connectivity index (χ0n) is 11.3. The van der Waals surface area contributed by atoms with E-state index in [1.165, 1.54) is 5.56 Å². The summed E-state index contributed by atoms with van der Waals surface area (Å²) in [6.07, 6.45) is 0. The summed E-state index contributed by atoms with van der Waals surface area (Å²) in [4.78, 5) is 11.0. The molecule has 1 amide bonds. The highest BCUT2D eigenvalue weighted by atomic mass is 16.5. The van der Waals surface area contributed by atoms with Crippen LogP contribution in [0.5, 0.6) is 0 Å². The molecule has 1 atom stereocenters. The van der Waals surface area contributed by atoms with Crippen LogP contribution in [0.3, 0.4) is 0 Å². The van der Waals surface area contributed by atoms with E-state index in [1.807, 2.05) is 26.0 Å². The maximum atomic E-state index is 11.0. The first-order chi connectivity index (χ1) is 8.54. The van der Waals surface area contributed by atoms with Gasteiger partial charge in [0.2, 0.25) is 5.91 Å². The number of ether oxygens (including phenoxy) is 1. The van der Waals surface area contributed by atoms with E-state index in [1.54, 1.807) is 6.07 Å². The van der Waals surface area contributed by atoms with Crippen LogP contribution in [0.4, 0.5) is 0 Å². The van der Waals surface area contributed by atoms with Crippen molar-refractivity contribution < 1.29 is 9.53 Å². The normalized spacial score (nSPS) is 12.4. The summed E-state index contributed by atoms with van der Waals surface area (Å²) in [5, 5.41) is 3.38. The summed E-state index contributed by atoms with van der Waals surface area (Å²) in [6, 6.07) is 5.84. The Morgan fingerprint density at radius 3 is 2.78 bits per heavy atom. The first kappa shape index (κ1) is 14.7. The average Bonchev–Trinajstić information content (AvgIpc) is 2.34. The van der Waals surface area contributed by atoms with Crippen molar-refractivity contribution in [2.75, 3.05) is 13.2 Å².